The second-order valence-electron chi connectivity index (χ2n) is 6.67. The van der Waals surface area contributed by atoms with Crippen LogP contribution in [0.25, 0.3) is 6.08 Å². The lowest BCUT2D eigenvalue weighted by Crippen LogP contribution is -2.21. The molecular weight excluding hydrogens is 479 g/mol. The molecule has 0 aliphatic carbocycles. The molecule has 0 saturated carbocycles. The van der Waals surface area contributed by atoms with Gasteiger partial charge in [-0.3, -0.25) is 4.79 Å². The zero-order valence-corrected chi connectivity index (χ0v) is 19.4. The van der Waals surface area contributed by atoms with Crippen LogP contribution in [0.5, 0.6) is 11.5 Å². The molecule has 0 N–H and O–H groups in total. The van der Waals surface area contributed by atoms with E-state index < -0.39 is 0 Å². The fourth-order valence-electron chi connectivity index (χ4n) is 2.97. The first-order valence-corrected chi connectivity index (χ1v) is 10.3. The molecule has 3 rings (SSSR count). The molecular formula is C21H19BrCl2N2O3. The minimum absolute atomic E-state index is 0.0313. The zero-order chi connectivity index (χ0) is 21.3. The number of ether oxygens (including phenoxy) is 2. The molecule has 0 saturated heterocycles. The van der Waals surface area contributed by atoms with Crippen LogP contribution in [0.2, 0.25) is 10.0 Å². The van der Waals surface area contributed by atoms with Gasteiger partial charge in [0.05, 0.1) is 31.2 Å². The summed E-state index contributed by atoms with van der Waals surface area (Å²) in [5.41, 5.74) is 2.45. The fraction of sp³-hybridized carbons (Fsp3) is 0.238. The van der Waals surface area contributed by atoms with Gasteiger partial charge in [0.25, 0.3) is 5.91 Å². The second-order valence-corrected chi connectivity index (χ2v) is 8.40. The lowest BCUT2D eigenvalue weighted by atomic mass is 9.98. The Balaban J connectivity index is 2.10. The van der Waals surface area contributed by atoms with Crippen LogP contribution >= 0.6 is 39.1 Å². The van der Waals surface area contributed by atoms with E-state index in [1.807, 2.05) is 13.8 Å². The SMILES string of the molecule is COc1cc(Br)c(/C=C2/C(=O)N(c3cc(Cl)cc(Cl)c3)N=C2C(C)C)cc1OC. The highest BCUT2D eigenvalue weighted by molar-refractivity contribution is 9.10. The molecule has 0 spiro atoms. The molecule has 0 bridgehead atoms. The number of hydrazone groups is 1. The molecule has 0 radical (unpaired) electrons. The number of benzene rings is 2. The van der Waals surface area contributed by atoms with Crippen molar-refractivity contribution in [2.45, 2.75) is 13.8 Å². The van der Waals surface area contributed by atoms with E-state index in [-0.39, 0.29) is 11.8 Å². The van der Waals surface area contributed by atoms with E-state index in [1.165, 1.54) is 5.01 Å². The number of hydrogen-bond acceptors (Lipinski definition) is 4. The van der Waals surface area contributed by atoms with Gasteiger partial charge in [0, 0.05) is 14.5 Å². The van der Waals surface area contributed by atoms with Crippen molar-refractivity contribution in [2.75, 3.05) is 19.2 Å². The highest BCUT2D eigenvalue weighted by Crippen LogP contribution is 2.36. The lowest BCUT2D eigenvalue weighted by molar-refractivity contribution is -0.114. The molecule has 29 heavy (non-hydrogen) atoms. The third-order valence-electron chi connectivity index (χ3n) is 4.35. The Morgan fingerprint density at radius 3 is 2.17 bits per heavy atom. The minimum Gasteiger partial charge on any atom is -0.493 e. The van der Waals surface area contributed by atoms with Crippen LogP contribution in [0.4, 0.5) is 5.69 Å². The summed E-state index contributed by atoms with van der Waals surface area (Å²) in [5, 5.41) is 6.74. The van der Waals surface area contributed by atoms with E-state index in [9.17, 15) is 4.79 Å². The van der Waals surface area contributed by atoms with Gasteiger partial charge < -0.3 is 9.47 Å². The smallest absolute Gasteiger partial charge is 0.280 e. The van der Waals surface area contributed by atoms with Gasteiger partial charge >= 0.3 is 0 Å². The minimum atomic E-state index is -0.256. The quantitative estimate of drug-likeness (QED) is 0.461. The molecule has 0 fully saturated rings. The number of carbonyl (C=O) groups excluding carboxylic acids is 1. The van der Waals surface area contributed by atoms with Crippen LogP contribution in [-0.2, 0) is 4.79 Å². The molecule has 2 aromatic rings. The predicted octanol–water partition coefficient (Wildman–Crippen LogP) is 6.22. The molecule has 8 heteroatoms. The number of halogens is 3. The number of rotatable bonds is 5. The molecule has 0 aromatic heterocycles. The van der Waals surface area contributed by atoms with Crippen LogP contribution in [0.1, 0.15) is 19.4 Å². The maximum Gasteiger partial charge on any atom is 0.280 e. The van der Waals surface area contributed by atoms with Gasteiger partial charge in [-0.05, 0) is 47.9 Å². The highest BCUT2D eigenvalue weighted by Gasteiger charge is 2.33. The van der Waals surface area contributed by atoms with E-state index >= 15 is 0 Å². The van der Waals surface area contributed by atoms with E-state index in [1.54, 1.807) is 50.6 Å². The van der Waals surface area contributed by atoms with Gasteiger partial charge in [-0.2, -0.15) is 10.1 Å². The number of nitrogens with zero attached hydrogens (tertiary/aromatic N) is 2. The normalized spacial score (nSPS) is 15.3. The van der Waals surface area contributed by atoms with Gasteiger partial charge in [-0.1, -0.05) is 53.0 Å². The Labute approximate surface area is 188 Å². The first-order chi connectivity index (χ1) is 13.7. The maximum absolute atomic E-state index is 13.2. The summed E-state index contributed by atoms with van der Waals surface area (Å²) in [6.45, 7) is 3.97. The van der Waals surface area contributed by atoms with Gasteiger partial charge in [0.1, 0.15) is 0 Å². The van der Waals surface area contributed by atoms with Gasteiger partial charge in [-0.15, -0.1) is 0 Å². The van der Waals surface area contributed by atoms with Crippen LogP contribution in [0.15, 0.2) is 45.5 Å². The van der Waals surface area contributed by atoms with Gasteiger partial charge in [-0.25, -0.2) is 0 Å². The second kappa shape index (κ2) is 8.78. The third kappa shape index (κ3) is 4.44. The topological polar surface area (TPSA) is 51.1 Å². The number of hydrogen-bond donors (Lipinski definition) is 0. The van der Waals surface area contributed by atoms with E-state index in [4.69, 9.17) is 32.7 Å². The first kappa shape index (κ1) is 21.7. The zero-order valence-electron chi connectivity index (χ0n) is 16.3. The lowest BCUT2D eigenvalue weighted by Gasteiger charge is -2.13. The average molecular weight is 498 g/mol. The summed E-state index contributed by atoms with van der Waals surface area (Å²) in [4.78, 5) is 13.2. The Morgan fingerprint density at radius 2 is 1.62 bits per heavy atom. The largest absolute Gasteiger partial charge is 0.493 e. The van der Waals surface area contributed by atoms with Crippen molar-refractivity contribution in [1.29, 1.82) is 0 Å². The van der Waals surface area contributed by atoms with E-state index in [2.05, 4.69) is 21.0 Å². The third-order valence-corrected chi connectivity index (χ3v) is 5.47. The number of carbonyl (C=O) groups is 1. The number of amides is 1. The fourth-order valence-corrected chi connectivity index (χ4v) is 3.92. The molecule has 1 aliphatic heterocycles. The summed E-state index contributed by atoms with van der Waals surface area (Å²) < 4.78 is 11.5. The summed E-state index contributed by atoms with van der Waals surface area (Å²) in [7, 11) is 3.13. The molecule has 0 atom stereocenters. The van der Waals surface area contributed by atoms with E-state index in [0.29, 0.717) is 38.5 Å². The van der Waals surface area contributed by atoms with Crippen LogP contribution < -0.4 is 14.5 Å². The molecule has 1 heterocycles. The van der Waals surface area contributed by atoms with Crippen molar-refractivity contribution in [1.82, 2.24) is 0 Å². The van der Waals surface area contributed by atoms with Crippen molar-refractivity contribution in [3.63, 3.8) is 0 Å². The Bertz CT molecular complexity index is 1010. The molecule has 0 unspecified atom stereocenters. The molecule has 5 nitrogen and oxygen atoms in total. The van der Waals surface area contributed by atoms with Gasteiger partial charge in [0.2, 0.25) is 0 Å². The van der Waals surface area contributed by atoms with E-state index in [0.717, 1.165) is 10.0 Å². The standard InChI is InChI=1S/C21H19BrCl2N2O3/c1-11(2)20-16(5-12-6-18(28-3)19(29-4)10-17(12)22)21(27)26(25-20)15-8-13(23)7-14(24)9-15/h5-11H,1-4H3/b16-5+. The first-order valence-electron chi connectivity index (χ1n) is 8.77. The monoisotopic (exact) mass is 496 g/mol. The molecule has 2 aromatic carbocycles. The Hall–Kier alpha value is -2.02. The van der Waals surface area contributed by atoms with Crippen molar-refractivity contribution in [3.05, 3.63) is 56.0 Å². The van der Waals surface area contributed by atoms with Gasteiger partial charge in [0.15, 0.2) is 11.5 Å². The number of methoxy groups -OCH3 is 2. The number of anilines is 1. The van der Waals surface area contributed by atoms with Crippen molar-refractivity contribution in [2.24, 2.45) is 11.0 Å². The van der Waals surface area contributed by atoms with Crippen LogP contribution in [0, 0.1) is 5.92 Å². The Kier molecular flexibility index (Phi) is 6.56. The summed E-state index contributed by atoms with van der Waals surface area (Å²) >= 11 is 15.7. The van der Waals surface area contributed by atoms with Crippen molar-refractivity contribution in [3.8, 4) is 11.5 Å². The highest BCUT2D eigenvalue weighted by atomic mass is 79.9. The summed E-state index contributed by atoms with van der Waals surface area (Å²) in [6.07, 6.45) is 1.79. The molecule has 1 aliphatic rings. The Morgan fingerprint density at radius 1 is 1.03 bits per heavy atom. The summed E-state index contributed by atoms with van der Waals surface area (Å²) in [6, 6.07) is 8.52. The van der Waals surface area contributed by atoms with Crippen LogP contribution in [-0.4, -0.2) is 25.8 Å². The molecule has 152 valence electrons. The summed E-state index contributed by atoms with van der Waals surface area (Å²) in [5.74, 6) is 0.930. The van der Waals surface area contributed by atoms with Crippen molar-refractivity contribution < 1.29 is 14.3 Å². The molecule has 1 amide bonds. The van der Waals surface area contributed by atoms with Crippen molar-refractivity contribution >= 4 is 62.5 Å². The average Bonchev–Trinajstić information content (AvgIpc) is 2.99. The van der Waals surface area contributed by atoms with Crippen LogP contribution in [0.3, 0.4) is 0 Å². The predicted molar refractivity (Wildman–Crippen MR) is 121 cm³/mol. The maximum atomic E-state index is 13.2.